The Labute approximate surface area is 137 Å². The summed E-state index contributed by atoms with van der Waals surface area (Å²) in [5, 5.41) is 14.6. The summed E-state index contributed by atoms with van der Waals surface area (Å²) in [7, 11) is 0. The van der Waals surface area contributed by atoms with Crippen molar-refractivity contribution < 1.29 is 14.5 Å². The molecule has 3 rings (SSSR count). The third-order valence-electron chi connectivity index (χ3n) is 3.39. The van der Waals surface area contributed by atoms with Gasteiger partial charge in [-0.1, -0.05) is 30.3 Å². The number of amides is 1. The molecule has 0 aliphatic heterocycles. The maximum atomic E-state index is 11.9. The highest BCUT2D eigenvalue weighted by molar-refractivity contribution is 5.98. The second-order valence-corrected chi connectivity index (χ2v) is 5.01. The zero-order valence-corrected chi connectivity index (χ0v) is 12.5. The molecule has 0 saturated carbocycles. The van der Waals surface area contributed by atoms with E-state index in [1.54, 1.807) is 12.1 Å². The van der Waals surface area contributed by atoms with Crippen LogP contribution in [0.1, 0.15) is 5.56 Å². The van der Waals surface area contributed by atoms with Crippen LogP contribution in [-0.4, -0.2) is 16.0 Å². The van der Waals surface area contributed by atoms with Crippen molar-refractivity contribution in [3.8, 4) is 0 Å². The number of benzene rings is 2. The van der Waals surface area contributed by atoms with Gasteiger partial charge in [0.1, 0.15) is 12.4 Å². The van der Waals surface area contributed by atoms with Gasteiger partial charge in [-0.3, -0.25) is 15.4 Å². The number of carbonyl (C=O) groups excluding carboxylic acids is 1. The lowest BCUT2D eigenvalue weighted by atomic mass is 10.1. The van der Waals surface area contributed by atoms with Gasteiger partial charge in [-0.2, -0.15) is 0 Å². The van der Waals surface area contributed by atoms with Gasteiger partial charge < -0.3 is 4.74 Å². The van der Waals surface area contributed by atoms with Gasteiger partial charge in [0.05, 0.1) is 4.92 Å². The lowest BCUT2D eigenvalue weighted by Crippen LogP contribution is -2.14. The number of nitrogens with zero attached hydrogens (tertiary/aromatic N) is 2. The predicted octanol–water partition coefficient (Wildman–Crippen LogP) is 3.89. The largest absolute Gasteiger partial charge is 0.444 e. The fraction of sp³-hybridized carbons (Fsp3) is 0.0588. The molecule has 24 heavy (non-hydrogen) atoms. The number of anilines is 1. The Balaban J connectivity index is 1.74. The molecule has 120 valence electrons. The van der Waals surface area contributed by atoms with Crippen LogP contribution < -0.4 is 5.32 Å². The summed E-state index contributed by atoms with van der Waals surface area (Å²) >= 11 is 0. The maximum Gasteiger partial charge on any atom is 0.413 e. The number of fused-ring (bicyclic) bond motifs is 1. The van der Waals surface area contributed by atoms with E-state index in [2.05, 4.69) is 10.3 Å². The number of rotatable bonds is 4. The van der Waals surface area contributed by atoms with Gasteiger partial charge >= 0.3 is 6.09 Å². The van der Waals surface area contributed by atoms with Gasteiger partial charge in [-0.05, 0) is 23.1 Å². The van der Waals surface area contributed by atoms with Crippen LogP contribution in [0.15, 0.2) is 60.8 Å². The quantitative estimate of drug-likeness (QED) is 0.580. The van der Waals surface area contributed by atoms with Gasteiger partial charge in [0.15, 0.2) is 0 Å². The molecule has 0 fully saturated rings. The number of carbonyl (C=O) groups is 1. The number of pyridine rings is 1. The van der Waals surface area contributed by atoms with E-state index in [1.165, 1.54) is 18.3 Å². The molecule has 3 aromatic rings. The molecule has 0 bridgehead atoms. The zero-order chi connectivity index (χ0) is 16.9. The van der Waals surface area contributed by atoms with E-state index < -0.39 is 11.0 Å². The number of nitrogens with one attached hydrogen (secondary N) is 1. The highest BCUT2D eigenvalue weighted by Crippen LogP contribution is 2.25. The molecular formula is C17H13N3O4. The fourth-order valence-corrected chi connectivity index (χ4v) is 2.23. The van der Waals surface area contributed by atoms with Gasteiger partial charge in [-0.15, -0.1) is 0 Å². The third kappa shape index (κ3) is 3.46. The molecule has 0 atom stereocenters. The first kappa shape index (κ1) is 15.4. The van der Waals surface area contributed by atoms with Crippen LogP contribution >= 0.6 is 0 Å². The number of non-ortho nitro benzene ring substituents is 1. The van der Waals surface area contributed by atoms with E-state index in [9.17, 15) is 14.9 Å². The molecule has 0 aliphatic carbocycles. The van der Waals surface area contributed by atoms with Crippen molar-refractivity contribution in [2.75, 3.05) is 5.32 Å². The van der Waals surface area contributed by atoms with Gasteiger partial charge in [-0.25, -0.2) is 9.78 Å². The molecule has 0 radical (unpaired) electrons. The summed E-state index contributed by atoms with van der Waals surface area (Å²) in [6.45, 7) is 0.142. The molecule has 0 saturated heterocycles. The molecule has 0 spiro atoms. The molecule has 1 aromatic heterocycles. The highest BCUT2D eigenvalue weighted by atomic mass is 16.6. The molecule has 1 N–H and O–H groups in total. The number of hydrogen-bond acceptors (Lipinski definition) is 5. The summed E-state index contributed by atoms with van der Waals surface area (Å²) in [5.41, 5.74) is 0.848. The fourth-order valence-electron chi connectivity index (χ4n) is 2.23. The average molecular weight is 323 g/mol. The summed E-state index contributed by atoms with van der Waals surface area (Å²) in [6, 6.07) is 15.3. The van der Waals surface area contributed by atoms with Crippen molar-refractivity contribution in [1.82, 2.24) is 4.98 Å². The van der Waals surface area contributed by atoms with Crippen LogP contribution in [0.3, 0.4) is 0 Å². The Morgan fingerprint density at radius 2 is 1.96 bits per heavy atom. The zero-order valence-electron chi connectivity index (χ0n) is 12.5. The van der Waals surface area contributed by atoms with Crippen LogP contribution in [0.5, 0.6) is 0 Å². The second-order valence-electron chi connectivity index (χ2n) is 5.01. The number of aromatic nitrogens is 1. The second kappa shape index (κ2) is 6.74. The molecule has 0 aliphatic rings. The van der Waals surface area contributed by atoms with Crippen LogP contribution in [-0.2, 0) is 11.3 Å². The van der Waals surface area contributed by atoms with Crippen molar-refractivity contribution >= 4 is 28.4 Å². The molecule has 7 nitrogen and oxygen atoms in total. The Morgan fingerprint density at radius 1 is 1.17 bits per heavy atom. The highest BCUT2D eigenvalue weighted by Gasteiger charge is 2.11. The first-order valence-electron chi connectivity index (χ1n) is 7.14. The average Bonchev–Trinajstić information content (AvgIpc) is 2.60. The third-order valence-corrected chi connectivity index (χ3v) is 3.39. The topological polar surface area (TPSA) is 94.4 Å². The normalized spacial score (nSPS) is 10.3. The molecule has 0 unspecified atom stereocenters. The van der Waals surface area contributed by atoms with Crippen molar-refractivity contribution in [2.45, 2.75) is 6.61 Å². The van der Waals surface area contributed by atoms with Crippen molar-refractivity contribution in [2.24, 2.45) is 0 Å². The number of nitro benzene ring substituents is 1. The lowest BCUT2D eigenvalue weighted by Gasteiger charge is -2.08. The smallest absolute Gasteiger partial charge is 0.413 e. The van der Waals surface area contributed by atoms with Crippen molar-refractivity contribution in [3.05, 3.63) is 76.5 Å². The molecule has 7 heteroatoms. The molecule has 1 heterocycles. The van der Waals surface area contributed by atoms with Crippen LogP contribution in [0, 0.1) is 10.1 Å². The number of hydrogen-bond donors (Lipinski definition) is 1. The van der Waals surface area contributed by atoms with E-state index in [0.717, 1.165) is 5.56 Å². The van der Waals surface area contributed by atoms with E-state index in [1.807, 2.05) is 30.3 Å². The number of ether oxygens (including phenoxy) is 1. The van der Waals surface area contributed by atoms with E-state index in [4.69, 9.17) is 4.74 Å². The SMILES string of the molecule is O=C(Nc1nccc2cc([N+](=O)[O-])ccc12)OCc1ccccc1. The monoisotopic (exact) mass is 323 g/mol. The summed E-state index contributed by atoms with van der Waals surface area (Å²) in [6.07, 6.45) is 0.830. The predicted molar refractivity (Wildman–Crippen MR) is 88.6 cm³/mol. The van der Waals surface area contributed by atoms with Crippen molar-refractivity contribution in [3.63, 3.8) is 0 Å². The molecule has 1 amide bonds. The Hall–Kier alpha value is -3.48. The minimum Gasteiger partial charge on any atom is -0.444 e. The molecule has 2 aromatic carbocycles. The summed E-state index contributed by atoms with van der Waals surface area (Å²) < 4.78 is 5.14. The maximum absolute atomic E-state index is 11.9. The van der Waals surface area contributed by atoms with Crippen LogP contribution in [0.2, 0.25) is 0 Å². The Morgan fingerprint density at radius 3 is 2.71 bits per heavy atom. The minimum absolute atomic E-state index is 0.0219. The van der Waals surface area contributed by atoms with E-state index >= 15 is 0 Å². The lowest BCUT2D eigenvalue weighted by molar-refractivity contribution is -0.384. The first-order valence-corrected chi connectivity index (χ1v) is 7.14. The van der Waals surface area contributed by atoms with Gasteiger partial charge in [0, 0.05) is 23.7 Å². The summed E-state index contributed by atoms with van der Waals surface area (Å²) in [5.74, 6) is 0.292. The molecular weight excluding hydrogens is 310 g/mol. The Kier molecular flexibility index (Phi) is 4.33. The Bertz CT molecular complexity index is 897. The van der Waals surface area contributed by atoms with Crippen LogP contribution in [0.4, 0.5) is 16.3 Å². The van der Waals surface area contributed by atoms with E-state index in [-0.39, 0.29) is 12.3 Å². The van der Waals surface area contributed by atoms with Gasteiger partial charge in [0.25, 0.3) is 5.69 Å². The first-order chi connectivity index (χ1) is 11.6. The number of nitro groups is 1. The van der Waals surface area contributed by atoms with Gasteiger partial charge in [0.2, 0.25) is 0 Å². The standard InChI is InChI=1S/C17H13N3O4/c21-17(24-11-12-4-2-1-3-5-12)19-16-15-7-6-14(20(22)23)10-13(15)8-9-18-16/h1-10H,11H2,(H,18,19,21). The van der Waals surface area contributed by atoms with Crippen molar-refractivity contribution in [1.29, 1.82) is 0 Å². The van der Waals surface area contributed by atoms with E-state index in [0.29, 0.717) is 16.6 Å². The van der Waals surface area contributed by atoms with Crippen LogP contribution in [0.25, 0.3) is 10.8 Å². The minimum atomic E-state index is -0.641. The summed E-state index contributed by atoms with van der Waals surface area (Å²) in [4.78, 5) is 26.4.